The van der Waals surface area contributed by atoms with Gasteiger partial charge < -0.3 is 66.0 Å². The number of nitrogens with two attached hydrogens (primary N) is 1. The van der Waals surface area contributed by atoms with Crippen LogP contribution < -0.4 is 37.2 Å². The second kappa shape index (κ2) is 30.3. The fourth-order valence-corrected chi connectivity index (χ4v) is 10.5. The van der Waals surface area contributed by atoms with Crippen LogP contribution in [0.1, 0.15) is 118 Å². The Labute approximate surface area is 490 Å². The number of carbonyl (C=O) groups is 6. The number of hydrogen-bond donors (Lipinski definition) is 6. The van der Waals surface area contributed by atoms with Crippen molar-refractivity contribution in [1.29, 1.82) is 5.26 Å². The maximum absolute atomic E-state index is 14.7. The molecule has 454 valence electrons. The molecule has 84 heavy (non-hydrogen) atoms. The molecule has 0 spiro atoms. The van der Waals surface area contributed by atoms with Gasteiger partial charge in [0.25, 0.3) is 5.91 Å². The molecule has 0 saturated carbocycles. The Balaban J connectivity index is 0.780. The maximum Gasteiger partial charge on any atom is 0.254 e. The summed E-state index contributed by atoms with van der Waals surface area (Å²) in [5.41, 5.74) is 8.80. The Morgan fingerprint density at radius 2 is 1.60 bits per heavy atom. The van der Waals surface area contributed by atoms with Gasteiger partial charge >= 0.3 is 0 Å². The summed E-state index contributed by atoms with van der Waals surface area (Å²) in [5, 5.41) is 29.9. The molecule has 6 amide bonds. The molecule has 4 aromatic rings. The summed E-state index contributed by atoms with van der Waals surface area (Å²) >= 11 is 0. The first-order valence-corrected chi connectivity index (χ1v) is 28.8. The van der Waals surface area contributed by atoms with Gasteiger partial charge in [0.2, 0.25) is 29.5 Å². The SMILES string of the molecule is CC[C@H](NC(=O)[C@H]1C[C@@H](NC(=O)CCOCCOCCOCCOCCC(=O)NCCn2nc3c(c2C#N)-c2cnc(N)c(n2)N2CCC[C@@H]2c2cc(F)ccc2C(=O)N(C)C3)CN1C(=O)[C@H](NC(=O)[C@@H](C)NC)C(C)(C)C)c1ccccc1. The van der Waals surface area contributed by atoms with Crippen LogP contribution in [0.3, 0.4) is 0 Å². The Morgan fingerprint density at radius 3 is 2.24 bits per heavy atom. The molecule has 2 aromatic carbocycles. The number of aromatic nitrogens is 4. The number of likely N-dealkylation sites (N-methyl/N-ethyl adjacent to an activating group) is 1. The van der Waals surface area contributed by atoms with Crippen LogP contribution in [0.5, 0.6) is 0 Å². The van der Waals surface area contributed by atoms with Gasteiger partial charge in [-0.25, -0.2) is 14.4 Å². The Hall–Kier alpha value is -7.63. The van der Waals surface area contributed by atoms with E-state index in [-0.39, 0.29) is 138 Å². The minimum atomic E-state index is -0.939. The molecule has 2 aromatic heterocycles. The lowest BCUT2D eigenvalue weighted by Crippen LogP contribution is -2.59. The molecule has 3 aliphatic rings. The first kappa shape index (κ1) is 63.9. The number of nitrogens with zero attached hydrogens (tertiary/aromatic N) is 8. The van der Waals surface area contributed by atoms with Crippen molar-refractivity contribution in [3.63, 3.8) is 0 Å². The number of nitrogen functional groups attached to an aromatic ring is 1. The van der Waals surface area contributed by atoms with E-state index >= 15 is 0 Å². The number of fused-ring (bicyclic) bond motifs is 8. The molecule has 2 bridgehead atoms. The van der Waals surface area contributed by atoms with Crippen LogP contribution in [0.15, 0.2) is 54.7 Å². The van der Waals surface area contributed by atoms with E-state index in [2.05, 4.69) is 37.6 Å². The van der Waals surface area contributed by atoms with Crippen LogP contribution >= 0.6 is 0 Å². The van der Waals surface area contributed by atoms with E-state index in [9.17, 15) is 38.4 Å². The Bertz CT molecular complexity index is 2970. The van der Waals surface area contributed by atoms with Crippen LogP contribution in [0, 0.1) is 22.6 Å². The predicted octanol–water partition coefficient (Wildman–Crippen LogP) is 3.31. The number of amides is 6. The molecule has 6 atom stereocenters. The third kappa shape index (κ3) is 16.6. The molecule has 3 aliphatic heterocycles. The Kier molecular flexibility index (Phi) is 23.0. The smallest absolute Gasteiger partial charge is 0.254 e. The van der Waals surface area contributed by atoms with Crippen molar-refractivity contribution in [2.24, 2.45) is 5.41 Å². The van der Waals surface area contributed by atoms with E-state index in [1.165, 1.54) is 38.9 Å². The fraction of sp³-hybridized carbons (Fsp3) is 0.559. The van der Waals surface area contributed by atoms with Crippen LogP contribution in [0.2, 0.25) is 0 Å². The van der Waals surface area contributed by atoms with Gasteiger partial charge in [-0.05, 0) is 74.4 Å². The van der Waals surface area contributed by atoms with Gasteiger partial charge in [0, 0.05) is 51.1 Å². The standard InChI is InChI=1S/C59H81FN14O10/c1-8-43(38-13-10-9-11-14-38)68-56(78)47-32-40(35-73(47)58(80)52(59(3,4)5)69-55(77)37(2)63-6)66-50(76)19-24-82-26-28-84-30-29-83-27-25-81-23-18-49(75)64-20-22-74-48(33-61)51-44-34-65-53(62)54(67-44)72-21-12-15-46(72)42-31-39(60)16-17-41(42)57(79)71(7)36-45(51)70-74/h9-11,13-14,16-17,31,34,37,40,43,46-47,52,63H,8,12,15,18-30,32,35-36H2,1-7H3,(H2,62,65)(H,64,75)(H,66,76)(H,68,78)(H,69,77)/t37-,40-,43+,46-,47-,52+/m1/s1. The van der Waals surface area contributed by atoms with Gasteiger partial charge in [-0.15, -0.1) is 0 Å². The minimum absolute atomic E-state index is 0.000838. The number of benzene rings is 2. The molecule has 0 radical (unpaired) electrons. The minimum Gasteiger partial charge on any atom is -0.381 e. The van der Waals surface area contributed by atoms with Gasteiger partial charge in [0.1, 0.15) is 29.7 Å². The second-order valence-electron chi connectivity index (χ2n) is 22.2. The molecule has 24 nitrogen and oxygen atoms in total. The van der Waals surface area contributed by atoms with Gasteiger partial charge in [0.05, 0.1) is 107 Å². The maximum atomic E-state index is 14.7. The van der Waals surface area contributed by atoms with Gasteiger partial charge in [0.15, 0.2) is 11.6 Å². The molecule has 25 heteroatoms. The molecule has 7 N–H and O–H groups in total. The van der Waals surface area contributed by atoms with Gasteiger partial charge in [-0.2, -0.15) is 10.4 Å². The fourth-order valence-electron chi connectivity index (χ4n) is 10.5. The lowest BCUT2D eigenvalue weighted by molar-refractivity contribution is -0.144. The quantitative estimate of drug-likeness (QED) is 0.0467. The molecular formula is C59H81FN14O10. The number of carbonyl (C=O) groups excluding carboxylic acids is 6. The summed E-state index contributed by atoms with van der Waals surface area (Å²) in [4.78, 5) is 95.5. The lowest BCUT2D eigenvalue weighted by atomic mass is 9.85. The van der Waals surface area contributed by atoms with Crippen molar-refractivity contribution >= 4 is 47.1 Å². The van der Waals surface area contributed by atoms with Crippen molar-refractivity contribution in [3.8, 4) is 17.3 Å². The number of ether oxygens (including phenoxy) is 4. The monoisotopic (exact) mass is 1160 g/mol. The van der Waals surface area contributed by atoms with Gasteiger partial charge in [-0.1, -0.05) is 58.0 Å². The highest BCUT2D eigenvalue weighted by Gasteiger charge is 2.46. The molecule has 0 unspecified atom stereocenters. The number of anilines is 2. The highest BCUT2D eigenvalue weighted by molar-refractivity contribution is 5.96. The predicted molar refractivity (Wildman–Crippen MR) is 309 cm³/mol. The van der Waals surface area contributed by atoms with Crippen molar-refractivity contribution in [2.75, 3.05) is 97.2 Å². The van der Waals surface area contributed by atoms with Crippen molar-refractivity contribution in [1.82, 2.24) is 56.1 Å². The zero-order valence-electron chi connectivity index (χ0n) is 49.2. The number of hydrogen-bond acceptors (Lipinski definition) is 17. The summed E-state index contributed by atoms with van der Waals surface area (Å²) in [6, 6.07) is 12.4. The van der Waals surface area contributed by atoms with E-state index in [0.717, 1.165) is 12.0 Å². The zero-order chi connectivity index (χ0) is 60.5. The van der Waals surface area contributed by atoms with Crippen molar-refractivity contribution in [3.05, 3.63) is 88.6 Å². The molecule has 7 rings (SSSR count). The van der Waals surface area contributed by atoms with Crippen molar-refractivity contribution in [2.45, 2.75) is 122 Å². The molecule has 5 heterocycles. The normalized spacial score (nSPS) is 17.8. The topological polar surface area (TPSA) is 303 Å². The second-order valence-corrected chi connectivity index (χ2v) is 22.2. The van der Waals surface area contributed by atoms with Crippen LogP contribution in [0.4, 0.5) is 16.0 Å². The number of rotatable bonds is 27. The first-order chi connectivity index (χ1) is 40.3. The largest absolute Gasteiger partial charge is 0.381 e. The molecule has 2 fully saturated rings. The van der Waals surface area contributed by atoms with Crippen LogP contribution in [-0.4, -0.2) is 176 Å². The highest BCUT2D eigenvalue weighted by Crippen LogP contribution is 2.41. The highest BCUT2D eigenvalue weighted by atomic mass is 19.1. The number of nitrogens with one attached hydrogen (secondary N) is 5. The summed E-state index contributed by atoms with van der Waals surface area (Å²) < 4.78 is 38.6. The zero-order valence-corrected chi connectivity index (χ0v) is 49.2. The third-order valence-electron chi connectivity index (χ3n) is 15.1. The van der Waals surface area contributed by atoms with E-state index < -0.39 is 41.3 Å². The van der Waals surface area contributed by atoms with Crippen LogP contribution in [-0.2, 0) is 56.0 Å². The van der Waals surface area contributed by atoms with E-state index in [4.69, 9.17) is 34.8 Å². The summed E-state index contributed by atoms with van der Waals surface area (Å²) in [6.45, 7) is 12.0. The van der Waals surface area contributed by atoms with E-state index in [1.807, 2.05) is 62.9 Å². The summed E-state index contributed by atoms with van der Waals surface area (Å²) in [5.74, 6) is -1.93. The van der Waals surface area contributed by atoms with Gasteiger partial charge in [-0.3, -0.25) is 33.4 Å². The average molecular weight is 1170 g/mol. The molecule has 0 aliphatic carbocycles. The van der Waals surface area contributed by atoms with E-state index in [0.29, 0.717) is 66.5 Å². The molecule has 2 saturated heterocycles. The lowest BCUT2D eigenvalue weighted by Gasteiger charge is -2.36. The third-order valence-corrected chi connectivity index (χ3v) is 15.1. The summed E-state index contributed by atoms with van der Waals surface area (Å²) in [6.07, 6.45) is 3.81. The summed E-state index contributed by atoms with van der Waals surface area (Å²) in [7, 11) is 3.28. The number of nitriles is 1. The average Bonchev–Trinajstić information content (AvgIpc) is 2.53. The van der Waals surface area contributed by atoms with E-state index in [1.54, 1.807) is 21.0 Å². The van der Waals surface area contributed by atoms with Crippen molar-refractivity contribution < 1.29 is 52.1 Å². The molecular weight excluding hydrogens is 1080 g/mol. The first-order valence-electron chi connectivity index (χ1n) is 28.8. The van der Waals surface area contributed by atoms with Crippen LogP contribution in [0.25, 0.3) is 11.3 Å². The number of halogens is 1. The number of likely N-dealkylation sites (tertiary alicyclic amines) is 1. The Morgan fingerprint density at radius 1 is 0.929 bits per heavy atom.